The third-order valence-corrected chi connectivity index (χ3v) is 5.71. The van der Waals surface area contributed by atoms with Gasteiger partial charge in [0.05, 0.1) is 11.4 Å². The van der Waals surface area contributed by atoms with Crippen molar-refractivity contribution in [3.05, 3.63) is 77.2 Å². The predicted octanol–water partition coefficient (Wildman–Crippen LogP) is 5.11. The van der Waals surface area contributed by atoms with Gasteiger partial charge in [0.15, 0.2) is 0 Å². The lowest BCUT2D eigenvalue weighted by molar-refractivity contribution is -0.119. The second-order valence-electron chi connectivity index (χ2n) is 7.28. The third kappa shape index (κ3) is 7.12. The van der Waals surface area contributed by atoms with Gasteiger partial charge in [-0.25, -0.2) is 0 Å². The molecule has 0 bridgehead atoms. The van der Waals surface area contributed by atoms with Crippen molar-refractivity contribution in [3.63, 3.8) is 0 Å². The topological polar surface area (TPSA) is 84.2 Å². The Labute approximate surface area is 187 Å². The number of hydrogen-bond acceptors (Lipinski definition) is 4. The number of rotatable bonds is 9. The fraction of sp³-hybridized carbons (Fsp3) is 0.200. The number of unbranched alkanes of at least 4 members (excludes halogenated alkanes) is 1. The Kier molecular flexibility index (Phi) is 8.01. The molecule has 0 fully saturated rings. The Morgan fingerprint density at radius 3 is 2.58 bits per heavy atom. The van der Waals surface area contributed by atoms with Crippen LogP contribution in [0.4, 0.5) is 11.4 Å². The maximum atomic E-state index is 12.4. The SMILES string of the molecule is CC(=O)NCCCCc1ccc(/C=C/C(=O)Nc2cc(-c3cccs3)ccc2N)cc1. The molecule has 0 aliphatic carbocycles. The van der Waals surface area contributed by atoms with Crippen molar-refractivity contribution in [2.24, 2.45) is 0 Å². The van der Waals surface area contributed by atoms with E-state index in [0.29, 0.717) is 17.9 Å². The van der Waals surface area contributed by atoms with E-state index in [1.165, 1.54) is 18.6 Å². The normalized spacial score (nSPS) is 10.9. The summed E-state index contributed by atoms with van der Waals surface area (Å²) in [6.07, 6.45) is 6.24. The van der Waals surface area contributed by atoms with E-state index in [1.54, 1.807) is 17.4 Å². The highest BCUT2D eigenvalue weighted by molar-refractivity contribution is 7.13. The minimum Gasteiger partial charge on any atom is -0.397 e. The van der Waals surface area contributed by atoms with Crippen LogP contribution in [0.25, 0.3) is 16.5 Å². The molecule has 0 saturated carbocycles. The monoisotopic (exact) mass is 433 g/mol. The number of hydrogen-bond donors (Lipinski definition) is 3. The number of nitrogens with two attached hydrogens (primary N) is 1. The molecule has 0 saturated heterocycles. The molecule has 31 heavy (non-hydrogen) atoms. The van der Waals surface area contributed by atoms with Crippen LogP contribution < -0.4 is 16.4 Å². The molecule has 0 aliphatic rings. The van der Waals surface area contributed by atoms with Gasteiger partial charge in [0.2, 0.25) is 11.8 Å². The zero-order valence-electron chi connectivity index (χ0n) is 17.6. The Hall–Kier alpha value is -3.38. The smallest absolute Gasteiger partial charge is 0.248 e. The van der Waals surface area contributed by atoms with Crippen LogP contribution in [-0.2, 0) is 16.0 Å². The number of anilines is 2. The van der Waals surface area contributed by atoms with Crippen LogP contribution in [0.15, 0.2) is 66.1 Å². The Bertz CT molecular complexity index is 1040. The molecule has 2 aromatic carbocycles. The Balaban J connectivity index is 1.52. The standard InChI is InChI=1S/C25H27N3O2S/c1-18(29)27-15-3-2-5-19-7-9-20(10-8-19)11-14-25(30)28-23-17-21(12-13-22(23)26)24-6-4-16-31-24/h4,6-14,16-17H,2-3,5,15,26H2,1H3,(H,27,29)(H,28,30)/b14-11+. The fourth-order valence-electron chi connectivity index (χ4n) is 3.12. The lowest BCUT2D eigenvalue weighted by Crippen LogP contribution is -2.20. The van der Waals surface area contributed by atoms with Gasteiger partial charge in [-0.2, -0.15) is 0 Å². The van der Waals surface area contributed by atoms with Gasteiger partial charge in [-0.05, 0) is 65.6 Å². The number of benzene rings is 2. The summed E-state index contributed by atoms with van der Waals surface area (Å²) in [5.74, 6) is -0.213. The summed E-state index contributed by atoms with van der Waals surface area (Å²) in [5, 5.41) is 7.69. The first-order valence-electron chi connectivity index (χ1n) is 10.3. The van der Waals surface area contributed by atoms with Crippen LogP contribution >= 0.6 is 11.3 Å². The summed E-state index contributed by atoms with van der Waals surface area (Å²) in [6.45, 7) is 2.25. The molecular weight excluding hydrogens is 406 g/mol. The molecule has 5 nitrogen and oxygen atoms in total. The summed E-state index contributed by atoms with van der Waals surface area (Å²) in [4.78, 5) is 24.4. The molecular formula is C25H27N3O2S. The van der Waals surface area contributed by atoms with Crippen molar-refractivity contribution >= 4 is 40.6 Å². The van der Waals surface area contributed by atoms with Gasteiger partial charge in [0, 0.05) is 24.4 Å². The zero-order chi connectivity index (χ0) is 22.1. The third-order valence-electron chi connectivity index (χ3n) is 4.79. The summed E-state index contributed by atoms with van der Waals surface area (Å²) >= 11 is 1.64. The van der Waals surface area contributed by atoms with Crippen molar-refractivity contribution in [3.8, 4) is 10.4 Å². The molecule has 0 unspecified atom stereocenters. The molecule has 0 radical (unpaired) electrons. The highest BCUT2D eigenvalue weighted by atomic mass is 32.1. The first-order valence-corrected chi connectivity index (χ1v) is 11.1. The number of nitrogen functional groups attached to an aromatic ring is 1. The van der Waals surface area contributed by atoms with Gasteiger partial charge < -0.3 is 16.4 Å². The minimum atomic E-state index is -0.225. The molecule has 2 amide bonds. The zero-order valence-corrected chi connectivity index (χ0v) is 18.4. The van der Waals surface area contributed by atoms with Crippen LogP contribution in [0.1, 0.15) is 30.9 Å². The van der Waals surface area contributed by atoms with E-state index >= 15 is 0 Å². The lowest BCUT2D eigenvalue weighted by atomic mass is 10.1. The van der Waals surface area contributed by atoms with Crippen LogP contribution in [0.3, 0.4) is 0 Å². The van der Waals surface area contributed by atoms with E-state index in [0.717, 1.165) is 35.3 Å². The summed E-state index contributed by atoms with van der Waals surface area (Å²) in [5.41, 5.74) is 10.4. The second kappa shape index (κ2) is 11.1. The van der Waals surface area contributed by atoms with Crippen LogP contribution in [-0.4, -0.2) is 18.4 Å². The van der Waals surface area contributed by atoms with E-state index < -0.39 is 0 Å². The van der Waals surface area contributed by atoms with E-state index in [1.807, 2.05) is 47.8 Å². The van der Waals surface area contributed by atoms with Crippen molar-refractivity contribution in [1.29, 1.82) is 0 Å². The molecule has 0 spiro atoms. The number of thiophene rings is 1. The molecule has 160 valence electrons. The quantitative estimate of drug-likeness (QED) is 0.249. The number of amides is 2. The van der Waals surface area contributed by atoms with Gasteiger partial charge in [-0.3, -0.25) is 9.59 Å². The molecule has 4 N–H and O–H groups in total. The predicted molar refractivity (Wildman–Crippen MR) is 130 cm³/mol. The maximum Gasteiger partial charge on any atom is 0.248 e. The van der Waals surface area contributed by atoms with Crippen molar-refractivity contribution in [2.45, 2.75) is 26.2 Å². The number of aryl methyl sites for hydroxylation is 1. The van der Waals surface area contributed by atoms with Gasteiger partial charge in [-0.15, -0.1) is 11.3 Å². The molecule has 0 aliphatic heterocycles. The fourth-order valence-corrected chi connectivity index (χ4v) is 3.84. The van der Waals surface area contributed by atoms with Crippen LogP contribution in [0.5, 0.6) is 0 Å². The molecule has 3 rings (SSSR count). The first-order chi connectivity index (χ1) is 15.0. The van der Waals surface area contributed by atoms with Crippen LogP contribution in [0.2, 0.25) is 0 Å². The van der Waals surface area contributed by atoms with Gasteiger partial charge in [0.1, 0.15) is 0 Å². The molecule has 0 atom stereocenters. The van der Waals surface area contributed by atoms with Crippen molar-refractivity contribution in [1.82, 2.24) is 5.32 Å². The van der Waals surface area contributed by atoms with E-state index in [2.05, 4.69) is 22.8 Å². The van der Waals surface area contributed by atoms with E-state index in [4.69, 9.17) is 5.73 Å². The van der Waals surface area contributed by atoms with Crippen LogP contribution in [0, 0.1) is 0 Å². The van der Waals surface area contributed by atoms with Gasteiger partial charge in [0.25, 0.3) is 0 Å². The summed E-state index contributed by atoms with van der Waals surface area (Å²) in [6, 6.07) is 17.8. The largest absolute Gasteiger partial charge is 0.397 e. The summed E-state index contributed by atoms with van der Waals surface area (Å²) < 4.78 is 0. The number of nitrogens with one attached hydrogen (secondary N) is 2. The average Bonchev–Trinajstić information content (AvgIpc) is 3.29. The number of carbonyl (C=O) groups is 2. The van der Waals surface area contributed by atoms with Crippen molar-refractivity contribution in [2.75, 3.05) is 17.6 Å². The molecule has 1 heterocycles. The van der Waals surface area contributed by atoms with E-state index in [-0.39, 0.29) is 11.8 Å². The molecule has 3 aromatic rings. The molecule has 6 heteroatoms. The highest BCUT2D eigenvalue weighted by Crippen LogP contribution is 2.30. The Morgan fingerprint density at radius 1 is 1.06 bits per heavy atom. The lowest BCUT2D eigenvalue weighted by Gasteiger charge is -2.08. The van der Waals surface area contributed by atoms with E-state index in [9.17, 15) is 9.59 Å². The first kappa shape index (κ1) is 22.3. The maximum absolute atomic E-state index is 12.4. The Morgan fingerprint density at radius 2 is 1.87 bits per heavy atom. The van der Waals surface area contributed by atoms with Gasteiger partial charge >= 0.3 is 0 Å². The number of carbonyl (C=O) groups excluding carboxylic acids is 2. The highest BCUT2D eigenvalue weighted by Gasteiger charge is 2.06. The molecule has 1 aromatic heterocycles. The second-order valence-corrected chi connectivity index (χ2v) is 8.23. The van der Waals surface area contributed by atoms with Gasteiger partial charge in [-0.1, -0.05) is 36.4 Å². The van der Waals surface area contributed by atoms with Crippen molar-refractivity contribution < 1.29 is 9.59 Å². The average molecular weight is 434 g/mol. The minimum absolute atomic E-state index is 0.0121. The summed E-state index contributed by atoms with van der Waals surface area (Å²) in [7, 11) is 0.